The fraction of sp³-hybridized carbons (Fsp3) is 0.667. The lowest BCUT2D eigenvalue weighted by atomic mass is 9.81. The van der Waals surface area contributed by atoms with Crippen LogP contribution in [0.5, 0.6) is 0 Å². The molecule has 0 radical (unpaired) electrons. The SMILES string of the molecule is c1cc(CC2CC3CCN2CC3)co1. The van der Waals surface area contributed by atoms with Gasteiger partial charge in [-0.3, -0.25) is 0 Å². The topological polar surface area (TPSA) is 16.4 Å². The summed E-state index contributed by atoms with van der Waals surface area (Å²) >= 11 is 0. The van der Waals surface area contributed by atoms with Gasteiger partial charge >= 0.3 is 0 Å². The van der Waals surface area contributed by atoms with Gasteiger partial charge in [-0.05, 0) is 56.3 Å². The van der Waals surface area contributed by atoms with E-state index in [-0.39, 0.29) is 0 Å². The van der Waals surface area contributed by atoms with E-state index >= 15 is 0 Å². The molecule has 2 nitrogen and oxygen atoms in total. The second-order valence-corrected chi connectivity index (χ2v) is 4.70. The van der Waals surface area contributed by atoms with Gasteiger partial charge in [0, 0.05) is 6.04 Å². The van der Waals surface area contributed by atoms with Crippen LogP contribution in [0.15, 0.2) is 23.0 Å². The minimum Gasteiger partial charge on any atom is -0.472 e. The van der Waals surface area contributed by atoms with Crippen molar-refractivity contribution >= 4 is 0 Å². The molecular formula is C12H17NO. The summed E-state index contributed by atoms with van der Waals surface area (Å²) in [5.74, 6) is 1.01. The van der Waals surface area contributed by atoms with E-state index in [1.807, 2.05) is 6.26 Å². The second kappa shape index (κ2) is 3.43. The van der Waals surface area contributed by atoms with Gasteiger partial charge in [0.1, 0.15) is 0 Å². The summed E-state index contributed by atoms with van der Waals surface area (Å²) in [5, 5.41) is 0. The highest BCUT2D eigenvalue weighted by atomic mass is 16.3. The van der Waals surface area contributed by atoms with Gasteiger partial charge in [-0.15, -0.1) is 0 Å². The van der Waals surface area contributed by atoms with E-state index in [2.05, 4.69) is 11.0 Å². The number of nitrogens with zero attached hydrogens (tertiary/aromatic N) is 1. The predicted octanol–water partition coefficient (Wildman–Crippen LogP) is 2.31. The summed E-state index contributed by atoms with van der Waals surface area (Å²) in [5.41, 5.74) is 1.36. The number of rotatable bonds is 2. The van der Waals surface area contributed by atoms with Gasteiger partial charge in [0.05, 0.1) is 12.5 Å². The Morgan fingerprint density at radius 1 is 1.36 bits per heavy atom. The lowest BCUT2D eigenvalue weighted by Gasteiger charge is -2.45. The van der Waals surface area contributed by atoms with Crippen LogP contribution in [0.1, 0.15) is 24.8 Å². The van der Waals surface area contributed by atoms with Gasteiger partial charge in [-0.1, -0.05) is 0 Å². The molecule has 0 aromatic carbocycles. The van der Waals surface area contributed by atoms with Crippen LogP contribution >= 0.6 is 0 Å². The summed E-state index contributed by atoms with van der Waals surface area (Å²) in [6, 6.07) is 2.89. The highest BCUT2D eigenvalue weighted by molar-refractivity contribution is 5.08. The molecule has 76 valence electrons. The van der Waals surface area contributed by atoms with Crippen molar-refractivity contribution in [2.75, 3.05) is 13.1 Å². The second-order valence-electron chi connectivity index (χ2n) is 4.70. The number of fused-ring (bicyclic) bond motifs is 3. The zero-order valence-corrected chi connectivity index (χ0v) is 8.48. The largest absolute Gasteiger partial charge is 0.472 e. The maximum atomic E-state index is 5.12. The molecule has 3 saturated heterocycles. The summed E-state index contributed by atoms with van der Waals surface area (Å²) in [6.07, 6.45) is 9.14. The fourth-order valence-corrected chi connectivity index (χ4v) is 2.98. The summed E-state index contributed by atoms with van der Waals surface area (Å²) in [6.45, 7) is 2.65. The Morgan fingerprint density at radius 2 is 2.21 bits per heavy atom. The third kappa shape index (κ3) is 1.48. The van der Waals surface area contributed by atoms with Crippen molar-refractivity contribution in [3.63, 3.8) is 0 Å². The third-order valence-corrected chi connectivity index (χ3v) is 3.82. The van der Waals surface area contributed by atoms with Gasteiger partial charge in [-0.2, -0.15) is 0 Å². The third-order valence-electron chi connectivity index (χ3n) is 3.82. The van der Waals surface area contributed by atoms with Crippen molar-refractivity contribution in [1.82, 2.24) is 4.90 Å². The van der Waals surface area contributed by atoms with Crippen molar-refractivity contribution in [2.24, 2.45) is 5.92 Å². The van der Waals surface area contributed by atoms with Crippen molar-refractivity contribution in [1.29, 1.82) is 0 Å². The van der Waals surface area contributed by atoms with Gasteiger partial charge < -0.3 is 9.32 Å². The van der Waals surface area contributed by atoms with E-state index in [0.29, 0.717) is 0 Å². The normalized spacial score (nSPS) is 36.1. The Bertz CT molecular complexity index is 285. The Hall–Kier alpha value is -0.760. The molecular weight excluding hydrogens is 174 g/mol. The number of furan rings is 1. The highest BCUT2D eigenvalue weighted by Gasteiger charge is 2.33. The Morgan fingerprint density at radius 3 is 2.79 bits per heavy atom. The monoisotopic (exact) mass is 191 g/mol. The molecule has 1 unspecified atom stereocenters. The van der Waals surface area contributed by atoms with E-state index in [4.69, 9.17) is 4.42 Å². The minimum atomic E-state index is 0.792. The molecule has 1 atom stereocenters. The molecule has 2 heteroatoms. The summed E-state index contributed by atoms with van der Waals surface area (Å²) in [4.78, 5) is 2.66. The van der Waals surface area contributed by atoms with Crippen molar-refractivity contribution in [3.05, 3.63) is 24.2 Å². The molecule has 2 bridgehead atoms. The molecule has 4 heterocycles. The first-order valence-electron chi connectivity index (χ1n) is 5.67. The molecule has 4 rings (SSSR count). The van der Waals surface area contributed by atoms with Crippen LogP contribution in [0.3, 0.4) is 0 Å². The molecule has 0 spiro atoms. The number of hydrogen-bond donors (Lipinski definition) is 0. The lowest BCUT2D eigenvalue weighted by molar-refractivity contribution is 0.0498. The standard InChI is InChI=1S/C12H17NO/c1-4-13-5-2-10(1)7-12(13)8-11-3-6-14-9-11/h3,6,9-10,12H,1-2,4-5,7-8H2. The Labute approximate surface area is 84.9 Å². The van der Waals surface area contributed by atoms with Crippen molar-refractivity contribution in [2.45, 2.75) is 31.7 Å². The predicted molar refractivity (Wildman–Crippen MR) is 55.1 cm³/mol. The maximum absolute atomic E-state index is 5.12. The molecule has 3 fully saturated rings. The Balaban J connectivity index is 1.68. The summed E-state index contributed by atoms with van der Waals surface area (Å²) in [7, 11) is 0. The minimum absolute atomic E-state index is 0.792. The molecule has 0 amide bonds. The van der Waals surface area contributed by atoms with Crippen LogP contribution in [0.25, 0.3) is 0 Å². The maximum Gasteiger partial charge on any atom is 0.0935 e. The lowest BCUT2D eigenvalue weighted by Crippen LogP contribution is -2.49. The quantitative estimate of drug-likeness (QED) is 0.713. The first kappa shape index (κ1) is 8.54. The van der Waals surface area contributed by atoms with Gasteiger partial charge in [0.2, 0.25) is 0 Å². The van der Waals surface area contributed by atoms with Gasteiger partial charge in [-0.25, -0.2) is 0 Å². The summed E-state index contributed by atoms with van der Waals surface area (Å²) < 4.78 is 5.12. The van der Waals surface area contributed by atoms with Crippen LogP contribution in [-0.4, -0.2) is 24.0 Å². The first-order chi connectivity index (χ1) is 6.92. The molecule has 3 aliphatic heterocycles. The fourth-order valence-electron chi connectivity index (χ4n) is 2.98. The molecule has 3 aliphatic rings. The van der Waals surface area contributed by atoms with Gasteiger partial charge in [0.25, 0.3) is 0 Å². The Kier molecular flexibility index (Phi) is 2.09. The first-order valence-corrected chi connectivity index (χ1v) is 5.67. The van der Waals surface area contributed by atoms with Crippen LogP contribution in [-0.2, 0) is 6.42 Å². The zero-order chi connectivity index (χ0) is 9.38. The molecule has 1 aromatic heterocycles. The van der Waals surface area contributed by atoms with Crippen LogP contribution in [0.2, 0.25) is 0 Å². The van der Waals surface area contributed by atoms with Gasteiger partial charge in [0.15, 0.2) is 0 Å². The van der Waals surface area contributed by atoms with Crippen LogP contribution in [0, 0.1) is 5.92 Å². The average molecular weight is 191 g/mol. The molecule has 0 N–H and O–H groups in total. The molecule has 14 heavy (non-hydrogen) atoms. The molecule has 0 aliphatic carbocycles. The van der Waals surface area contributed by atoms with E-state index in [1.54, 1.807) is 6.26 Å². The molecule has 1 aromatic rings. The number of hydrogen-bond acceptors (Lipinski definition) is 2. The zero-order valence-electron chi connectivity index (χ0n) is 8.48. The van der Waals surface area contributed by atoms with E-state index < -0.39 is 0 Å². The van der Waals surface area contributed by atoms with E-state index in [9.17, 15) is 0 Å². The van der Waals surface area contributed by atoms with Crippen LogP contribution < -0.4 is 0 Å². The van der Waals surface area contributed by atoms with E-state index in [0.717, 1.165) is 12.0 Å². The smallest absolute Gasteiger partial charge is 0.0935 e. The average Bonchev–Trinajstić information content (AvgIpc) is 2.72. The van der Waals surface area contributed by atoms with E-state index in [1.165, 1.54) is 44.3 Å². The molecule has 0 saturated carbocycles. The van der Waals surface area contributed by atoms with Crippen LogP contribution in [0.4, 0.5) is 0 Å². The number of piperidine rings is 3. The highest BCUT2D eigenvalue weighted by Crippen LogP contribution is 2.33. The van der Waals surface area contributed by atoms with Crippen molar-refractivity contribution < 1.29 is 4.42 Å². The van der Waals surface area contributed by atoms with Crippen molar-refractivity contribution in [3.8, 4) is 0 Å².